The smallest absolute Gasteiger partial charge is 0.318 e. The van der Waals surface area contributed by atoms with Crippen molar-refractivity contribution in [1.29, 1.82) is 5.26 Å². The van der Waals surface area contributed by atoms with Crippen molar-refractivity contribution < 1.29 is 19.1 Å². The van der Waals surface area contributed by atoms with Gasteiger partial charge in [-0.3, -0.25) is 9.59 Å². The van der Waals surface area contributed by atoms with E-state index in [0.717, 1.165) is 53.0 Å². The van der Waals surface area contributed by atoms with Crippen molar-refractivity contribution in [3.05, 3.63) is 60.3 Å². The quantitative estimate of drug-likeness (QED) is 0.195. The van der Waals surface area contributed by atoms with E-state index in [0.29, 0.717) is 63.4 Å². The largest absolute Gasteiger partial charge is 0.463 e. The van der Waals surface area contributed by atoms with E-state index in [1.54, 1.807) is 4.90 Å². The number of hydrogen-bond donors (Lipinski definition) is 0. The van der Waals surface area contributed by atoms with Crippen LogP contribution in [0.4, 0.5) is 11.5 Å². The van der Waals surface area contributed by atoms with E-state index < -0.39 is 5.41 Å². The van der Waals surface area contributed by atoms with E-state index in [2.05, 4.69) is 40.5 Å². The van der Waals surface area contributed by atoms with Crippen LogP contribution in [0.2, 0.25) is 0 Å². The van der Waals surface area contributed by atoms with Crippen molar-refractivity contribution >= 4 is 34.2 Å². The van der Waals surface area contributed by atoms with Crippen LogP contribution >= 0.6 is 0 Å². The predicted octanol–water partition coefficient (Wildman–Crippen LogP) is 4.59. The molecule has 11 nitrogen and oxygen atoms in total. The van der Waals surface area contributed by atoms with E-state index in [4.69, 9.17) is 19.4 Å². The summed E-state index contributed by atoms with van der Waals surface area (Å²) in [6.07, 6.45) is 3.29. The molecule has 0 spiro atoms. The summed E-state index contributed by atoms with van der Waals surface area (Å²) in [4.78, 5) is 43.9. The van der Waals surface area contributed by atoms with E-state index >= 15 is 0 Å². The Morgan fingerprint density at radius 1 is 1.08 bits per heavy atom. The number of hydrogen-bond acceptors (Lipinski definition) is 10. The average Bonchev–Trinajstić information content (AvgIpc) is 3.50. The number of ether oxygens (including phenoxy) is 2. The van der Waals surface area contributed by atoms with Crippen LogP contribution in [0, 0.1) is 22.7 Å². The number of likely N-dealkylation sites (tertiary alicyclic amines) is 1. The number of esters is 1. The number of carbonyl (C=O) groups is 2. The number of nitriles is 1. The summed E-state index contributed by atoms with van der Waals surface area (Å²) in [6.45, 7) is 14.5. The van der Waals surface area contributed by atoms with Crippen LogP contribution in [-0.2, 0) is 22.6 Å². The van der Waals surface area contributed by atoms with Gasteiger partial charge in [0.15, 0.2) is 0 Å². The third-order valence-corrected chi connectivity index (χ3v) is 9.50. The number of carbonyl (C=O) groups excluding carboxylic acids is 2. The van der Waals surface area contributed by atoms with Crippen LogP contribution in [0.25, 0.3) is 10.8 Å². The van der Waals surface area contributed by atoms with Gasteiger partial charge in [0.05, 0.1) is 42.8 Å². The summed E-state index contributed by atoms with van der Waals surface area (Å²) in [7, 11) is 2.12. The van der Waals surface area contributed by atoms with Gasteiger partial charge in [-0.15, -0.1) is 0 Å². The second kappa shape index (κ2) is 13.8. The first kappa shape index (κ1) is 33.2. The van der Waals surface area contributed by atoms with Crippen LogP contribution in [0.3, 0.4) is 0 Å². The van der Waals surface area contributed by atoms with Crippen molar-refractivity contribution in [2.45, 2.75) is 52.6 Å². The minimum Gasteiger partial charge on any atom is -0.463 e. The molecule has 2 atom stereocenters. The second-order valence-corrected chi connectivity index (χ2v) is 14.2. The summed E-state index contributed by atoms with van der Waals surface area (Å²) < 4.78 is 12.2. The SMILES string of the molecule is C=CC(=O)N1CCN(c2nc(OC[C@@H]3CCN(C)C3)nc3c2CCN(c2cc(OC(=O)C(C)(C)C)cc4ccccc24)C3)C[C@@H]1CC#N. The predicted molar refractivity (Wildman–Crippen MR) is 185 cm³/mol. The van der Waals surface area contributed by atoms with Crippen LogP contribution < -0.4 is 19.3 Å². The first-order valence-corrected chi connectivity index (χ1v) is 16.8. The highest BCUT2D eigenvalue weighted by atomic mass is 16.5. The Kier molecular flexibility index (Phi) is 9.56. The average molecular weight is 652 g/mol. The normalized spacial score (nSPS) is 19.9. The molecule has 0 radical (unpaired) electrons. The van der Waals surface area contributed by atoms with Gasteiger partial charge < -0.3 is 29.1 Å². The van der Waals surface area contributed by atoms with Gasteiger partial charge in [0, 0.05) is 61.3 Å². The molecule has 4 heterocycles. The molecule has 11 heteroatoms. The number of nitrogens with zero attached hydrogens (tertiary/aromatic N) is 7. The molecule has 252 valence electrons. The molecule has 2 fully saturated rings. The highest BCUT2D eigenvalue weighted by Gasteiger charge is 2.34. The zero-order valence-electron chi connectivity index (χ0n) is 28.4. The molecular formula is C37H45N7O4. The summed E-state index contributed by atoms with van der Waals surface area (Å²) in [5, 5.41) is 11.6. The van der Waals surface area contributed by atoms with E-state index in [-0.39, 0.29) is 24.3 Å². The zero-order valence-corrected chi connectivity index (χ0v) is 28.4. The lowest BCUT2D eigenvalue weighted by Gasteiger charge is -2.42. The Balaban J connectivity index is 1.34. The Bertz CT molecular complexity index is 1750. The molecule has 2 saturated heterocycles. The number of amides is 1. The molecule has 0 aliphatic carbocycles. The van der Waals surface area contributed by atoms with Crippen molar-refractivity contribution in [2.75, 3.05) is 62.7 Å². The molecule has 1 amide bonds. The molecule has 6 rings (SSSR count). The summed E-state index contributed by atoms with van der Waals surface area (Å²) in [5.41, 5.74) is 2.27. The maximum absolute atomic E-state index is 12.8. The molecule has 0 N–H and O–H groups in total. The Morgan fingerprint density at radius 2 is 1.90 bits per heavy atom. The fraction of sp³-hybridized carbons (Fsp3) is 0.486. The van der Waals surface area contributed by atoms with Crippen molar-refractivity contribution in [3.63, 3.8) is 0 Å². The number of anilines is 2. The van der Waals surface area contributed by atoms with E-state index in [1.165, 1.54) is 6.08 Å². The van der Waals surface area contributed by atoms with Gasteiger partial charge in [-0.25, -0.2) is 0 Å². The number of fused-ring (bicyclic) bond motifs is 2. The highest BCUT2D eigenvalue weighted by Crippen LogP contribution is 2.38. The fourth-order valence-corrected chi connectivity index (χ4v) is 6.85. The molecule has 2 aromatic carbocycles. The third kappa shape index (κ3) is 7.09. The van der Waals surface area contributed by atoms with Gasteiger partial charge in [-0.05, 0) is 64.7 Å². The molecule has 1 aromatic heterocycles. The summed E-state index contributed by atoms with van der Waals surface area (Å²) in [6, 6.07) is 14.3. The molecule has 3 aliphatic rings. The molecule has 48 heavy (non-hydrogen) atoms. The minimum absolute atomic E-state index is 0.163. The third-order valence-electron chi connectivity index (χ3n) is 9.50. The van der Waals surface area contributed by atoms with Crippen molar-refractivity contribution in [1.82, 2.24) is 19.8 Å². The number of benzene rings is 2. The van der Waals surface area contributed by atoms with E-state index in [1.807, 2.05) is 51.1 Å². The van der Waals surface area contributed by atoms with Gasteiger partial charge in [-0.2, -0.15) is 15.2 Å². The van der Waals surface area contributed by atoms with Crippen molar-refractivity contribution in [2.24, 2.45) is 11.3 Å². The van der Waals surface area contributed by atoms with Crippen LogP contribution in [-0.4, -0.2) is 90.6 Å². The molecule has 3 aromatic rings. The molecular weight excluding hydrogens is 606 g/mol. The first-order valence-electron chi connectivity index (χ1n) is 16.8. The fourth-order valence-electron chi connectivity index (χ4n) is 6.85. The second-order valence-electron chi connectivity index (χ2n) is 14.2. The lowest BCUT2D eigenvalue weighted by atomic mass is 9.97. The lowest BCUT2D eigenvalue weighted by molar-refractivity contribution is -0.143. The zero-order chi connectivity index (χ0) is 34.0. The molecule has 0 bridgehead atoms. The Morgan fingerprint density at radius 3 is 2.62 bits per heavy atom. The van der Waals surface area contributed by atoms with Crippen LogP contribution in [0.1, 0.15) is 44.9 Å². The Labute approximate surface area is 282 Å². The van der Waals surface area contributed by atoms with Crippen LogP contribution in [0.5, 0.6) is 11.8 Å². The maximum Gasteiger partial charge on any atom is 0.318 e. The topological polar surface area (TPSA) is 115 Å². The van der Waals surface area contributed by atoms with E-state index in [9.17, 15) is 14.9 Å². The summed E-state index contributed by atoms with van der Waals surface area (Å²) >= 11 is 0. The lowest BCUT2D eigenvalue weighted by Crippen LogP contribution is -2.55. The van der Waals surface area contributed by atoms with Gasteiger partial charge >= 0.3 is 12.0 Å². The van der Waals surface area contributed by atoms with Crippen LogP contribution in [0.15, 0.2) is 49.1 Å². The monoisotopic (exact) mass is 651 g/mol. The molecule has 3 aliphatic heterocycles. The number of rotatable bonds is 8. The summed E-state index contributed by atoms with van der Waals surface area (Å²) in [5.74, 6) is 1.28. The van der Waals surface area contributed by atoms with Gasteiger partial charge in [0.25, 0.3) is 0 Å². The molecule has 0 unspecified atom stereocenters. The standard InChI is InChI=1S/C37H45N7O4/c1-6-33(45)44-18-17-43(22-27(44)11-14-38)34-30-13-16-42(23-31(30)39-36(40-34)47-24-25-12-15-41(5)21-25)32-20-28(48-35(46)37(2,3)4)19-26-9-7-8-10-29(26)32/h6-10,19-20,25,27H,1,11-13,15-18,21-24H2,2-5H3/t25-,27+/m1/s1. The minimum atomic E-state index is -0.635. The Hall–Kier alpha value is -4.69. The maximum atomic E-state index is 12.8. The van der Waals surface area contributed by atoms with Gasteiger partial charge in [0.1, 0.15) is 11.6 Å². The van der Waals surface area contributed by atoms with Gasteiger partial charge in [-0.1, -0.05) is 30.8 Å². The first-order chi connectivity index (χ1) is 23.0. The number of aromatic nitrogens is 2. The van der Waals surface area contributed by atoms with Gasteiger partial charge in [0.2, 0.25) is 5.91 Å². The van der Waals surface area contributed by atoms with Crippen molar-refractivity contribution in [3.8, 4) is 17.8 Å². The number of piperazine rings is 1. The highest BCUT2D eigenvalue weighted by molar-refractivity contribution is 5.96. The molecule has 0 saturated carbocycles.